The number of carboxylic acids is 1. The topological polar surface area (TPSA) is 112 Å². The molecule has 1 saturated heterocycles. The Bertz CT molecular complexity index is 1300. The van der Waals surface area contributed by atoms with Crippen LogP contribution in [0.3, 0.4) is 0 Å². The number of aryl methyl sites for hydroxylation is 1. The van der Waals surface area contributed by atoms with E-state index in [0.29, 0.717) is 12.2 Å². The number of methoxy groups -OCH3 is 1. The number of benzene rings is 2. The van der Waals surface area contributed by atoms with Crippen LogP contribution < -0.4 is 9.46 Å². The number of aromatic amines is 1. The Morgan fingerprint density at radius 1 is 1.27 bits per heavy atom. The monoisotopic (exact) mass is 471 g/mol. The van der Waals surface area contributed by atoms with E-state index in [1.54, 1.807) is 13.2 Å². The molecule has 33 heavy (non-hydrogen) atoms. The van der Waals surface area contributed by atoms with Crippen molar-refractivity contribution in [3.8, 4) is 5.75 Å². The number of aromatic carboxylic acids is 1. The molecule has 0 radical (unpaired) electrons. The van der Waals surface area contributed by atoms with Crippen LogP contribution in [0.2, 0.25) is 0 Å². The van der Waals surface area contributed by atoms with Crippen molar-refractivity contribution in [3.63, 3.8) is 0 Å². The highest BCUT2D eigenvalue weighted by molar-refractivity contribution is 7.92. The largest absolute Gasteiger partial charge is 0.496 e. The number of H-pyrrole nitrogens is 1. The molecule has 1 fully saturated rings. The Labute approximate surface area is 193 Å². The molecule has 2 heterocycles. The fourth-order valence-electron chi connectivity index (χ4n) is 4.78. The molecule has 4 rings (SSSR count). The highest BCUT2D eigenvalue weighted by atomic mass is 32.2. The summed E-state index contributed by atoms with van der Waals surface area (Å²) >= 11 is 0. The van der Waals surface area contributed by atoms with Gasteiger partial charge in [0.15, 0.2) is 0 Å². The number of rotatable bonds is 7. The second-order valence-corrected chi connectivity index (χ2v) is 10.4. The van der Waals surface area contributed by atoms with Gasteiger partial charge in [-0.25, -0.2) is 13.2 Å². The number of nitrogens with one attached hydrogen (secondary N) is 2. The molecule has 1 aliphatic rings. The summed E-state index contributed by atoms with van der Waals surface area (Å²) in [6, 6.07) is 8.70. The molecule has 0 saturated carbocycles. The van der Waals surface area contributed by atoms with Crippen LogP contribution in [0, 0.1) is 6.92 Å². The maximum Gasteiger partial charge on any atom is 0.335 e. The van der Waals surface area contributed by atoms with Crippen LogP contribution in [0.1, 0.15) is 52.4 Å². The molecule has 2 aromatic carbocycles. The minimum absolute atomic E-state index is 0.0431. The third-order valence-electron chi connectivity index (χ3n) is 6.26. The first kappa shape index (κ1) is 23.1. The summed E-state index contributed by atoms with van der Waals surface area (Å²) in [6.07, 6.45) is 5.87. The van der Waals surface area contributed by atoms with Crippen LogP contribution in [0.5, 0.6) is 5.75 Å². The number of nitrogens with zero attached hydrogens (tertiary/aromatic N) is 1. The zero-order valence-electron chi connectivity index (χ0n) is 19.0. The average Bonchev–Trinajstić information content (AvgIpc) is 3.25. The number of hydrogen-bond acceptors (Lipinski definition) is 5. The predicted molar refractivity (Wildman–Crippen MR) is 128 cm³/mol. The van der Waals surface area contributed by atoms with Crippen molar-refractivity contribution < 1.29 is 23.1 Å². The number of anilines is 1. The molecule has 3 aromatic rings. The highest BCUT2D eigenvalue weighted by Gasteiger charge is 2.29. The minimum Gasteiger partial charge on any atom is -0.496 e. The minimum atomic E-state index is -3.58. The van der Waals surface area contributed by atoms with Crippen LogP contribution in [-0.4, -0.2) is 49.3 Å². The number of piperidine rings is 1. The zero-order chi connectivity index (χ0) is 23.8. The molecule has 176 valence electrons. The highest BCUT2D eigenvalue weighted by Crippen LogP contribution is 2.39. The summed E-state index contributed by atoms with van der Waals surface area (Å²) < 4.78 is 32.3. The number of fused-ring (bicyclic) bond motifs is 1. The molecular formula is C24H29N3O5S. The standard InChI is InChI=1S/C24H29N3O5S/c1-15-12-22(32-2)19(17-9-10-25-23(15)17)14-27-11-5-4-6-21(27)18-8-7-16(24(28)29)13-20(18)26-33(3,30)31/h7-10,12-13,21,25-26H,4-6,11,14H2,1-3H3,(H,28,29)/t21-/m1/s1. The van der Waals surface area contributed by atoms with Gasteiger partial charge < -0.3 is 14.8 Å². The zero-order valence-corrected chi connectivity index (χ0v) is 19.8. The van der Waals surface area contributed by atoms with Crippen LogP contribution in [-0.2, 0) is 16.6 Å². The van der Waals surface area contributed by atoms with Gasteiger partial charge in [-0.15, -0.1) is 0 Å². The second kappa shape index (κ2) is 9.07. The fourth-order valence-corrected chi connectivity index (χ4v) is 5.36. The fraction of sp³-hybridized carbons (Fsp3) is 0.375. The molecule has 0 amide bonds. The van der Waals surface area contributed by atoms with Crippen LogP contribution >= 0.6 is 0 Å². The molecule has 1 aromatic heterocycles. The summed E-state index contributed by atoms with van der Waals surface area (Å²) in [5.74, 6) is -0.280. The van der Waals surface area contributed by atoms with Gasteiger partial charge in [-0.2, -0.15) is 0 Å². The second-order valence-electron chi connectivity index (χ2n) is 8.60. The summed E-state index contributed by atoms with van der Waals surface area (Å²) in [7, 11) is -1.91. The van der Waals surface area contributed by atoms with Gasteiger partial charge in [0.1, 0.15) is 5.75 Å². The van der Waals surface area contributed by atoms with Gasteiger partial charge in [0, 0.05) is 35.2 Å². The molecule has 0 bridgehead atoms. The van der Waals surface area contributed by atoms with Gasteiger partial charge in [0.25, 0.3) is 0 Å². The van der Waals surface area contributed by atoms with Gasteiger partial charge in [0.05, 0.1) is 24.6 Å². The van der Waals surface area contributed by atoms with E-state index in [1.165, 1.54) is 12.1 Å². The molecule has 8 nitrogen and oxygen atoms in total. The molecule has 1 atom stereocenters. The quantitative estimate of drug-likeness (QED) is 0.474. The molecular weight excluding hydrogens is 442 g/mol. The molecule has 0 spiro atoms. The van der Waals surface area contributed by atoms with Crippen molar-refractivity contribution in [2.75, 3.05) is 24.6 Å². The Kier molecular flexibility index (Phi) is 6.36. The van der Waals surface area contributed by atoms with Crippen LogP contribution in [0.25, 0.3) is 10.9 Å². The lowest BCUT2D eigenvalue weighted by molar-refractivity contribution is 0.0696. The van der Waals surface area contributed by atoms with Crippen molar-refractivity contribution in [2.24, 2.45) is 0 Å². The lowest BCUT2D eigenvalue weighted by atomic mass is 9.92. The molecule has 3 N–H and O–H groups in total. The molecule has 1 aliphatic heterocycles. The Morgan fingerprint density at radius 3 is 2.76 bits per heavy atom. The first-order valence-corrected chi connectivity index (χ1v) is 12.8. The normalized spacial score (nSPS) is 17.2. The number of sulfonamides is 1. The van der Waals surface area contributed by atoms with Crippen molar-refractivity contribution >= 4 is 32.6 Å². The Hall–Kier alpha value is -3.04. The lowest BCUT2D eigenvalue weighted by Crippen LogP contribution is -2.33. The Balaban J connectivity index is 1.77. The third kappa shape index (κ3) is 4.84. The number of likely N-dealkylation sites (tertiary alicyclic amines) is 1. The van der Waals surface area contributed by atoms with E-state index < -0.39 is 16.0 Å². The van der Waals surface area contributed by atoms with Crippen molar-refractivity contribution in [1.82, 2.24) is 9.88 Å². The molecule has 0 aliphatic carbocycles. The van der Waals surface area contributed by atoms with E-state index in [1.807, 2.05) is 19.2 Å². The van der Waals surface area contributed by atoms with Crippen molar-refractivity contribution in [3.05, 3.63) is 58.8 Å². The van der Waals surface area contributed by atoms with Gasteiger partial charge in [-0.3, -0.25) is 9.62 Å². The van der Waals surface area contributed by atoms with E-state index in [-0.39, 0.29) is 11.6 Å². The summed E-state index contributed by atoms with van der Waals surface area (Å²) in [5, 5.41) is 10.5. The van der Waals surface area contributed by atoms with E-state index in [2.05, 4.69) is 20.7 Å². The van der Waals surface area contributed by atoms with Gasteiger partial charge >= 0.3 is 5.97 Å². The van der Waals surface area contributed by atoms with Gasteiger partial charge in [-0.1, -0.05) is 12.5 Å². The summed E-state index contributed by atoms with van der Waals surface area (Å²) in [5.41, 5.74) is 4.39. The first-order valence-electron chi connectivity index (χ1n) is 10.9. The third-order valence-corrected chi connectivity index (χ3v) is 6.85. The number of carboxylic acid groups (broad SMARTS) is 1. The molecule has 9 heteroatoms. The van der Waals surface area contributed by atoms with E-state index >= 15 is 0 Å². The smallest absolute Gasteiger partial charge is 0.335 e. The van der Waals surface area contributed by atoms with E-state index in [9.17, 15) is 18.3 Å². The van der Waals surface area contributed by atoms with Crippen molar-refractivity contribution in [2.45, 2.75) is 38.8 Å². The van der Waals surface area contributed by atoms with Crippen LogP contribution in [0.4, 0.5) is 5.69 Å². The number of hydrogen-bond donors (Lipinski definition) is 3. The number of aromatic nitrogens is 1. The summed E-state index contributed by atoms with van der Waals surface area (Å²) in [6.45, 7) is 3.51. The SMILES string of the molecule is COc1cc(C)c2[nH]ccc2c1CN1CCCC[C@@H]1c1ccc(C(=O)O)cc1NS(C)(=O)=O. The first-order chi connectivity index (χ1) is 15.7. The predicted octanol–water partition coefficient (Wildman–Crippen LogP) is 4.28. The lowest BCUT2D eigenvalue weighted by Gasteiger charge is -2.37. The Morgan fingerprint density at radius 2 is 2.06 bits per heavy atom. The van der Waals surface area contributed by atoms with Crippen molar-refractivity contribution in [1.29, 1.82) is 0 Å². The van der Waals surface area contributed by atoms with Gasteiger partial charge in [0.2, 0.25) is 10.0 Å². The van der Waals surface area contributed by atoms with Gasteiger partial charge in [-0.05, 0) is 61.7 Å². The van der Waals surface area contributed by atoms with E-state index in [0.717, 1.165) is 65.4 Å². The van der Waals surface area contributed by atoms with E-state index in [4.69, 9.17) is 4.74 Å². The van der Waals surface area contributed by atoms with Crippen LogP contribution in [0.15, 0.2) is 36.5 Å². The average molecular weight is 472 g/mol. The maximum absolute atomic E-state index is 12.0. The number of ether oxygens (including phenoxy) is 1. The molecule has 0 unspecified atom stereocenters. The number of carbonyl (C=O) groups is 1. The summed E-state index contributed by atoms with van der Waals surface area (Å²) in [4.78, 5) is 17.1. The maximum atomic E-state index is 12.0.